The summed E-state index contributed by atoms with van der Waals surface area (Å²) in [5.74, 6) is 2.12. The van der Waals surface area contributed by atoms with Gasteiger partial charge in [-0.15, -0.1) is 0 Å². The van der Waals surface area contributed by atoms with Gasteiger partial charge in [-0.25, -0.2) is 0 Å². The number of ether oxygens (including phenoxy) is 1. The van der Waals surface area contributed by atoms with Crippen LogP contribution in [0.25, 0.3) is 0 Å². The Balaban J connectivity index is 1.90. The summed E-state index contributed by atoms with van der Waals surface area (Å²) in [6, 6.07) is 8.44. The molecule has 1 heterocycles. The molecular weight excluding hydrogens is 286 g/mol. The van der Waals surface area contributed by atoms with Gasteiger partial charge in [0.15, 0.2) is 0 Å². The molecule has 0 bridgehead atoms. The third-order valence-corrected chi connectivity index (χ3v) is 4.25. The predicted molar refractivity (Wildman–Crippen MR) is 72.9 cm³/mol. The van der Waals surface area contributed by atoms with Gasteiger partial charge in [0, 0.05) is 22.0 Å². The Hall–Kier alpha value is -0.0300. The van der Waals surface area contributed by atoms with Crippen molar-refractivity contribution in [1.29, 1.82) is 0 Å². The van der Waals surface area contributed by atoms with Gasteiger partial charge in [0.2, 0.25) is 0 Å². The lowest BCUT2D eigenvalue weighted by Crippen LogP contribution is -2.42. The van der Waals surface area contributed by atoms with Gasteiger partial charge in [0.25, 0.3) is 0 Å². The molecule has 0 aliphatic carbocycles. The summed E-state index contributed by atoms with van der Waals surface area (Å²) in [7, 11) is 0. The maximum atomic E-state index is 6.17. The largest absolute Gasteiger partial charge is 0.375 e. The zero-order valence-electron chi connectivity index (χ0n) is 9.06. The topological polar surface area (TPSA) is 35.2 Å². The maximum Gasteiger partial charge on any atom is 0.0819 e. The second-order valence-corrected chi connectivity index (χ2v) is 6.04. The van der Waals surface area contributed by atoms with Crippen LogP contribution >= 0.6 is 27.7 Å². The number of nitrogens with two attached hydrogens (primary N) is 1. The quantitative estimate of drug-likeness (QED) is 0.931. The van der Waals surface area contributed by atoms with Crippen LogP contribution in [0.4, 0.5) is 0 Å². The molecule has 0 saturated carbocycles. The molecule has 1 fully saturated rings. The highest BCUT2D eigenvalue weighted by atomic mass is 79.9. The highest BCUT2D eigenvalue weighted by Gasteiger charge is 2.21. The smallest absolute Gasteiger partial charge is 0.0819 e. The lowest BCUT2D eigenvalue weighted by Gasteiger charge is -2.27. The Morgan fingerprint density at radius 2 is 2.19 bits per heavy atom. The monoisotopic (exact) mass is 301 g/mol. The summed E-state index contributed by atoms with van der Waals surface area (Å²) >= 11 is 5.36. The highest BCUT2D eigenvalue weighted by Crippen LogP contribution is 2.18. The summed E-state index contributed by atoms with van der Waals surface area (Å²) in [6.45, 7) is 0.837. The highest BCUT2D eigenvalue weighted by molar-refractivity contribution is 9.10. The molecule has 1 saturated heterocycles. The Morgan fingerprint density at radius 3 is 2.81 bits per heavy atom. The van der Waals surface area contributed by atoms with Crippen molar-refractivity contribution >= 4 is 27.7 Å². The molecule has 1 aliphatic heterocycles. The summed E-state index contributed by atoms with van der Waals surface area (Å²) in [5.41, 5.74) is 7.44. The Bertz CT molecular complexity index is 324. The molecule has 0 radical (unpaired) electrons. The normalized spacial score (nSPS) is 23.0. The van der Waals surface area contributed by atoms with Crippen LogP contribution in [-0.2, 0) is 11.2 Å². The van der Waals surface area contributed by atoms with Gasteiger partial charge in [-0.1, -0.05) is 28.1 Å². The average molecular weight is 302 g/mol. The van der Waals surface area contributed by atoms with Gasteiger partial charge in [-0.05, 0) is 24.1 Å². The molecule has 0 spiro atoms. The molecule has 2 N–H and O–H groups in total. The lowest BCUT2D eigenvalue weighted by molar-refractivity contribution is 0.0572. The van der Waals surface area contributed by atoms with Crippen LogP contribution < -0.4 is 5.73 Å². The van der Waals surface area contributed by atoms with E-state index in [-0.39, 0.29) is 12.1 Å². The molecule has 16 heavy (non-hydrogen) atoms. The molecule has 1 aromatic carbocycles. The van der Waals surface area contributed by atoms with E-state index in [0.29, 0.717) is 0 Å². The third-order valence-electron chi connectivity index (χ3n) is 2.70. The number of thioether (sulfide) groups is 1. The van der Waals surface area contributed by atoms with Crippen molar-refractivity contribution in [2.45, 2.75) is 18.6 Å². The van der Waals surface area contributed by atoms with Gasteiger partial charge >= 0.3 is 0 Å². The number of halogens is 1. The zero-order valence-corrected chi connectivity index (χ0v) is 11.5. The van der Waals surface area contributed by atoms with E-state index in [9.17, 15) is 0 Å². The molecule has 2 atom stereocenters. The minimum atomic E-state index is 0.106. The van der Waals surface area contributed by atoms with Crippen LogP contribution in [0.3, 0.4) is 0 Å². The van der Waals surface area contributed by atoms with E-state index in [1.165, 1.54) is 5.56 Å². The summed E-state index contributed by atoms with van der Waals surface area (Å²) in [6.07, 6.45) is 1.10. The molecule has 2 unspecified atom stereocenters. The first-order valence-electron chi connectivity index (χ1n) is 5.45. The van der Waals surface area contributed by atoms with Crippen molar-refractivity contribution in [1.82, 2.24) is 0 Å². The fourth-order valence-electron chi connectivity index (χ4n) is 1.78. The first kappa shape index (κ1) is 12.4. The van der Waals surface area contributed by atoms with Gasteiger partial charge in [0.1, 0.15) is 0 Å². The first-order valence-corrected chi connectivity index (χ1v) is 7.40. The van der Waals surface area contributed by atoms with Crippen LogP contribution in [0.2, 0.25) is 0 Å². The number of rotatable bonds is 3. The van der Waals surface area contributed by atoms with E-state index in [2.05, 4.69) is 40.2 Å². The maximum absolute atomic E-state index is 6.17. The van der Waals surface area contributed by atoms with Crippen LogP contribution in [-0.4, -0.2) is 30.3 Å². The third kappa shape index (κ3) is 3.48. The van der Waals surface area contributed by atoms with Crippen molar-refractivity contribution in [3.8, 4) is 0 Å². The van der Waals surface area contributed by atoms with E-state index in [1.807, 2.05) is 11.8 Å². The van der Waals surface area contributed by atoms with Crippen molar-refractivity contribution in [2.24, 2.45) is 5.73 Å². The van der Waals surface area contributed by atoms with Crippen LogP contribution in [0.5, 0.6) is 0 Å². The van der Waals surface area contributed by atoms with E-state index >= 15 is 0 Å². The van der Waals surface area contributed by atoms with Crippen LogP contribution in [0.15, 0.2) is 28.7 Å². The van der Waals surface area contributed by atoms with Crippen molar-refractivity contribution in [3.05, 3.63) is 34.3 Å². The fraction of sp³-hybridized carbons (Fsp3) is 0.500. The van der Waals surface area contributed by atoms with Gasteiger partial charge in [0.05, 0.1) is 12.7 Å². The van der Waals surface area contributed by atoms with Crippen molar-refractivity contribution < 1.29 is 4.74 Å². The standard InChI is InChI=1S/C12H16BrNOS/c13-10-3-1-9(2-4-10)7-11(14)12-8-16-6-5-15-12/h1-4,11-12H,5-8,14H2. The molecule has 4 heteroatoms. The number of benzene rings is 1. The lowest BCUT2D eigenvalue weighted by atomic mass is 10.0. The molecule has 1 aliphatic rings. The fourth-order valence-corrected chi connectivity index (χ4v) is 3.00. The molecule has 2 rings (SSSR count). The SMILES string of the molecule is NC(Cc1ccc(Br)cc1)C1CSCCO1. The van der Waals surface area contributed by atoms with E-state index in [1.54, 1.807) is 0 Å². The molecule has 0 amide bonds. The molecule has 0 aromatic heterocycles. The minimum absolute atomic E-state index is 0.106. The Labute approximate surface area is 109 Å². The van der Waals surface area contributed by atoms with E-state index < -0.39 is 0 Å². The van der Waals surface area contributed by atoms with Crippen LogP contribution in [0, 0.1) is 0 Å². The predicted octanol–water partition coefficient (Wildman–Crippen LogP) is 2.45. The molecular formula is C12H16BrNOS. The average Bonchev–Trinajstić information content (AvgIpc) is 2.33. The Morgan fingerprint density at radius 1 is 1.44 bits per heavy atom. The summed E-state index contributed by atoms with van der Waals surface area (Å²) < 4.78 is 6.79. The Kier molecular flexibility index (Phi) is 4.70. The van der Waals surface area contributed by atoms with Crippen LogP contribution in [0.1, 0.15) is 5.56 Å². The first-order chi connectivity index (χ1) is 7.75. The van der Waals surface area contributed by atoms with Gasteiger partial charge in [-0.2, -0.15) is 11.8 Å². The second-order valence-electron chi connectivity index (χ2n) is 3.98. The molecule has 1 aromatic rings. The van der Waals surface area contributed by atoms with Gasteiger partial charge < -0.3 is 10.5 Å². The molecule has 2 nitrogen and oxygen atoms in total. The van der Waals surface area contributed by atoms with Crippen molar-refractivity contribution in [3.63, 3.8) is 0 Å². The number of hydrogen-bond donors (Lipinski definition) is 1. The van der Waals surface area contributed by atoms with Gasteiger partial charge in [-0.3, -0.25) is 0 Å². The van der Waals surface area contributed by atoms with E-state index in [0.717, 1.165) is 29.0 Å². The van der Waals surface area contributed by atoms with E-state index in [4.69, 9.17) is 10.5 Å². The second kappa shape index (κ2) is 6.05. The number of hydrogen-bond acceptors (Lipinski definition) is 3. The van der Waals surface area contributed by atoms with Crippen molar-refractivity contribution in [2.75, 3.05) is 18.1 Å². The zero-order chi connectivity index (χ0) is 11.4. The minimum Gasteiger partial charge on any atom is -0.375 e. The summed E-state index contributed by atoms with van der Waals surface area (Å²) in [4.78, 5) is 0. The molecule has 88 valence electrons. The summed E-state index contributed by atoms with van der Waals surface area (Å²) in [5, 5.41) is 0.